The molecule has 7 heteroatoms. The van der Waals surface area contributed by atoms with Crippen LogP contribution in [0.25, 0.3) is 0 Å². The molecule has 1 heterocycles. The Balaban J connectivity index is 1.66. The number of carbonyl (C=O) groups is 2. The molecule has 25 heavy (non-hydrogen) atoms. The number of ether oxygens (including phenoxy) is 2. The van der Waals surface area contributed by atoms with Crippen LogP contribution in [-0.2, 0) is 16.0 Å². The molecule has 1 amide bonds. The van der Waals surface area contributed by atoms with Crippen LogP contribution in [0.5, 0.6) is 5.75 Å². The molecule has 2 aromatic rings. The fourth-order valence-electron chi connectivity index (χ4n) is 2.76. The lowest BCUT2D eigenvalue weighted by Gasteiger charge is -2.17. The van der Waals surface area contributed by atoms with E-state index in [0.717, 1.165) is 17.7 Å². The zero-order valence-electron chi connectivity index (χ0n) is 13.4. The van der Waals surface area contributed by atoms with Gasteiger partial charge < -0.3 is 14.4 Å². The second-order valence-corrected chi connectivity index (χ2v) is 6.29. The average molecular weight is 380 g/mol. The molecule has 5 nitrogen and oxygen atoms in total. The summed E-state index contributed by atoms with van der Waals surface area (Å²) in [6, 6.07) is 10.5. The van der Waals surface area contributed by atoms with E-state index in [1.165, 1.54) is 19.2 Å². The topological polar surface area (TPSA) is 55.8 Å². The van der Waals surface area contributed by atoms with Crippen molar-refractivity contribution in [2.24, 2.45) is 0 Å². The number of hydrogen-bond donors (Lipinski definition) is 0. The van der Waals surface area contributed by atoms with Gasteiger partial charge in [0, 0.05) is 12.2 Å². The predicted molar refractivity (Wildman–Crippen MR) is 95.8 cm³/mol. The first-order valence-electron chi connectivity index (χ1n) is 7.59. The number of fused-ring (bicyclic) bond motifs is 1. The molecule has 0 aromatic heterocycles. The quantitative estimate of drug-likeness (QED) is 0.759. The van der Waals surface area contributed by atoms with Crippen molar-refractivity contribution in [1.29, 1.82) is 0 Å². The summed E-state index contributed by atoms with van der Waals surface area (Å²) in [5.41, 5.74) is 2.13. The standard InChI is InChI=1S/C18H15Cl2NO4/c1-24-17-13(19)8-12(9-14(17)20)18(23)25-10-16(22)21-7-6-11-4-2-3-5-15(11)21/h2-5,8-9H,6-7,10H2,1H3. The minimum absolute atomic E-state index is 0.158. The van der Waals surface area contributed by atoms with Crippen LogP contribution in [0.2, 0.25) is 10.0 Å². The highest BCUT2D eigenvalue weighted by Gasteiger charge is 2.25. The van der Waals surface area contributed by atoms with E-state index < -0.39 is 5.97 Å². The van der Waals surface area contributed by atoms with E-state index in [-0.39, 0.29) is 33.9 Å². The Morgan fingerprint density at radius 2 is 1.84 bits per heavy atom. The number of carbonyl (C=O) groups excluding carboxylic acids is 2. The maximum absolute atomic E-state index is 12.4. The van der Waals surface area contributed by atoms with Crippen LogP contribution in [0.15, 0.2) is 36.4 Å². The number of halogens is 2. The van der Waals surface area contributed by atoms with E-state index in [1.54, 1.807) is 4.90 Å². The van der Waals surface area contributed by atoms with E-state index in [4.69, 9.17) is 32.7 Å². The number of benzene rings is 2. The number of rotatable bonds is 4. The molecule has 1 aliphatic rings. The summed E-state index contributed by atoms with van der Waals surface area (Å²) in [5, 5.41) is 0.392. The third kappa shape index (κ3) is 3.57. The SMILES string of the molecule is COc1c(Cl)cc(C(=O)OCC(=O)N2CCc3ccccc32)cc1Cl. The lowest BCUT2D eigenvalue weighted by molar-refractivity contribution is -0.121. The monoisotopic (exact) mass is 379 g/mol. The second kappa shape index (κ2) is 7.33. The average Bonchev–Trinajstić information content (AvgIpc) is 3.03. The third-order valence-corrected chi connectivity index (χ3v) is 4.51. The normalized spacial score (nSPS) is 12.7. The van der Waals surface area contributed by atoms with Gasteiger partial charge in [-0.1, -0.05) is 41.4 Å². The summed E-state index contributed by atoms with van der Waals surface area (Å²) in [7, 11) is 1.43. The van der Waals surface area contributed by atoms with Gasteiger partial charge in [-0.25, -0.2) is 4.79 Å². The smallest absolute Gasteiger partial charge is 0.338 e. The molecule has 0 saturated heterocycles. The fourth-order valence-corrected chi connectivity index (χ4v) is 3.40. The Hall–Kier alpha value is -2.24. The van der Waals surface area contributed by atoms with Gasteiger partial charge in [-0.3, -0.25) is 4.79 Å². The predicted octanol–water partition coefficient (Wildman–Crippen LogP) is 3.75. The van der Waals surface area contributed by atoms with Crippen molar-refractivity contribution in [3.63, 3.8) is 0 Å². The number of nitrogens with zero attached hydrogens (tertiary/aromatic N) is 1. The van der Waals surface area contributed by atoms with Crippen molar-refractivity contribution in [1.82, 2.24) is 0 Å². The van der Waals surface area contributed by atoms with Crippen LogP contribution in [0.1, 0.15) is 15.9 Å². The highest BCUT2D eigenvalue weighted by atomic mass is 35.5. The molecule has 0 radical (unpaired) electrons. The van der Waals surface area contributed by atoms with Crippen LogP contribution in [0.3, 0.4) is 0 Å². The Labute approximate surface area is 155 Å². The molecule has 130 valence electrons. The van der Waals surface area contributed by atoms with Gasteiger partial charge in [0.25, 0.3) is 5.91 Å². The van der Waals surface area contributed by atoms with Crippen LogP contribution in [0.4, 0.5) is 5.69 Å². The minimum Gasteiger partial charge on any atom is -0.494 e. The number of methoxy groups -OCH3 is 1. The molecule has 0 saturated carbocycles. The van der Waals surface area contributed by atoms with Crippen LogP contribution < -0.4 is 9.64 Å². The highest BCUT2D eigenvalue weighted by Crippen LogP contribution is 2.34. The minimum atomic E-state index is -0.674. The zero-order valence-corrected chi connectivity index (χ0v) is 14.9. The number of amides is 1. The Morgan fingerprint density at radius 1 is 1.16 bits per heavy atom. The van der Waals surface area contributed by atoms with Gasteiger partial charge >= 0.3 is 5.97 Å². The van der Waals surface area contributed by atoms with E-state index in [1.807, 2.05) is 24.3 Å². The summed E-state index contributed by atoms with van der Waals surface area (Å²) >= 11 is 12.0. The van der Waals surface area contributed by atoms with Crippen molar-refractivity contribution in [3.8, 4) is 5.75 Å². The molecule has 1 aliphatic heterocycles. The zero-order chi connectivity index (χ0) is 18.0. The summed E-state index contributed by atoms with van der Waals surface area (Å²) in [4.78, 5) is 26.1. The molecule has 0 unspecified atom stereocenters. The first-order chi connectivity index (χ1) is 12.0. The molecule has 0 spiro atoms. The van der Waals surface area contributed by atoms with Gasteiger partial charge in [-0.2, -0.15) is 0 Å². The van der Waals surface area contributed by atoms with Gasteiger partial charge in [0.1, 0.15) is 0 Å². The van der Waals surface area contributed by atoms with Gasteiger partial charge in [0.05, 0.1) is 22.7 Å². The summed E-state index contributed by atoms with van der Waals surface area (Å²) < 4.78 is 10.1. The Kier molecular flexibility index (Phi) is 5.16. The molecule has 2 aromatic carbocycles. The van der Waals surface area contributed by atoms with E-state index in [0.29, 0.717) is 6.54 Å². The number of hydrogen-bond acceptors (Lipinski definition) is 4. The lowest BCUT2D eigenvalue weighted by Crippen LogP contribution is -2.33. The van der Waals surface area contributed by atoms with Gasteiger partial charge in [0.2, 0.25) is 0 Å². The summed E-state index contributed by atoms with van der Waals surface area (Å²) in [5.74, 6) is -0.666. The molecular weight excluding hydrogens is 365 g/mol. The summed E-state index contributed by atoms with van der Waals surface area (Å²) in [6.45, 7) is 0.227. The third-order valence-electron chi connectivity index (χ3n) is 3.95. The number of para-hydroxylation sites is 1. The van der Waals surface area contributed by atoms with E-state index >= 15 is 0 Å². The Bertz CT molecular complexity index is 815. The molecule has 0 N–H and O–H groups in total. The maximum atomic E-state index is 12.4. The van der Waals surface area contributed by atoms with Gasteiger partial charge in [0.15, 0.2) is 12.4 Å². The number of anilines is 1. The highest BCUT2D eigenvalue weighted by molar-refractivity contribution is 6.37. The molecule has 0 fully saturated rings. The molecule has 0 aliphatic carbocycles. The second-order valence-electron chi connectivity index (χ2n) is 5.47. The Morgan fingerprint density at radius 3 is 2.52 bits per heavy atom. The van der Waals surface area contributed by atoms with Crippen molar-refractivity contribution in [2.45, 2.75) is 6.42 Å². The fraction of sp³-hybridized carbons (Fsp3) is 0.222. The first-order valence-corrected chi connectivity index (χ1v) is 8.35. The first kappa shape index (κ1) is 17.6. The van der Waals surface area contributed by atoms with E-state index in [2.05, 4.69) is 0 Å². The van der Waals surface area contributed by atoms with Crippen molar-refractivity contribution in [2.75, 3.05) is 25.2 Å². The van der Waals surface area contributed by atoms with Crippen molar-refractivity contribution in [3.05, 3.63) is 57.6 Å². The van der Waals surface area contributed by atoms with Crippen LogP contribution in [0, 0.1) is 0 Å². The molecule has 3 rings (SSSR count). The largest absolute Gasteiger partial charge is 0.494 e. The van der Waals surface area contributed by atoms with Gasteiger partial charge in [-0.15, -0.1) is 0 Å². The van der Waals surface area contributed by atoms with Crippen LogP contribution in [-0.4, -0.2) is 32.1 Å². The van der Waals surface area contributed by atoms with E-state index in [9.17, 15) is 9.59 Å². The molecular formula is C18H15Cl2NO4. The lowest BCUT2D eigenvalue weighted by atomic mass is 10.2. The molecule has 0 bridgehead atoms. The van der Waals surface area contributed by atoms with Gasteiger partial charge in [-0.05, 0) is 30.2 Å². The molecule has 0 atom stereocenters. The number of esters is 1. The van der Waals surface area contributed by atoms with Crippen molar-refractivity contribution >= 4 is 40.8 Å². The van der Waals surface area contributed by atoms with Crippen LogP contribution >= 0.6 is 23.2 Å². The van der Waals surface area contributed by atoms with Crippen molar-refractivity contribution < 1.29 is 19.1 Å². The summed E-state index contributed by atoms with van der Waals surface area (Å²) in [6.07, 6.45) is 0.791. The maximum Gasteiger partial charge on any atom is 0.338 e.